The summed E-state index contributed by atoms with van der Waals surface area (Å²) in [5.74, 6) is -0.0110. The van der Waals surface area contributed by atoms with Crippen molar-refractivity contribution in [3.8, 4) is 0 Å². The van der Waals surface area contributed by atoms with Gasteiger partial charge in [0.15, 0.2) is 0 Å². The second kappa shape index (κ2) is 5.64. The van der Waals surface area contributed by atoms with Crippen LogP contribution in [0.5, 0.6) is 0 Å². The van der Waals surface area contributed by atoms with E-state index in [0.717, 1.165) is 29.9 Å². The van der Waals surface area contributed by atoms with Crippen molar-refractivity contribution < 1.29 is 9.59 Å². The number of hydrogen-bond donors (Lipinski definition) is 3. The fraction of sp³-hybridized carbons (Fsp3) is 0.385. The largest absolute Gasteiger partial charge is 0.326 e. The van der Waals surface area contributed by atoms with Crippen LogP contribution in [0.4, 0.5) is 11.4 Å². The molecule has 0 saturated carbocycles. The van der Waals surface area contributed by atoms with Gasteiger partial charge in [0.1, 0.15) is 0 Å². The van der Waals surface area contributed by atoms with Gasteiger partial charge in [0, 0.05) is 17.8 Å². The van der Waals surface area contributed by atoms with Gasteiger partial charge in [-0.3, -0.25) is 9.59 Å². The smallest absolute Gasteiger partial charge is 0.238 e. The molecule has 1 aliphatic heterocycles. The summed E-state index contributed by atoms with van der Waals surface area (Å²) in [7, 11) is 0. The van der Waals surface area contributed by atoms with Crippen LogP contribution in [-0.4, -0.2) is 24.9 Å². The third-order valence-corrected chi connectivity index (χ3v) is 2.82. The SMILES string of the molecule is CCNCC(=O)Nc1ccc2c(c1)CCC(=O)N2. The topological polar surface area (TPSA) is 70.2 Å². The van der Waals surface area contributed by atoms with E-state index in [0.29, 0.717) is 13.0 Å². The zero-order chi connectivity index (χ0) is 13.0. The molecular formula is C13H17N3O2. The van der Waals surface area contributed by atoms with E-state index in [4.69, 9.17) is 0 Å². The van der Waals surface area contributed by atoms with Crippen LogP contribution in [0.25, 0.3) is 0 Å². The van der Waals surface area contributed by atoms with E-state index >= 15 is 0 Å². The molecule has 2 amide bonds. The number of rotatable bonds is 4. The van der Waals surface area contributed by atoms with Gasteiger partial charge in [-0.15, -0.1) is 0 Å². The summed E-state index contributed by atoms with van der Waals surface area (Å²) in [4.78, 5) is 22.8. The first-order chi connectivity index (χ1) is 8.69. The minimum atomic E-state index is -0.0587. The standard InChI is InChI=1S/C13H17N3O2/c1-2-14-8-13(18)15-10-4-5-11-9(7-10)3-6-12(17)16-11/h4-5,7,14H,2-3,6,8H2,1H3,(H,15,18)(H,16,17). The van der Waals surface area contributed by atoms with Crippen molar-refractivity contribution in [1.82, 2.24) is 5.32 Å². The maximum atomic E-state index is 11.5. The fourth-order valence-corrected chi connectivity index (χ4v) is 1.90. The van der Waals surface area contributed by atoms with Crippen LogP contribution < -0.4 is 16.0 Å². The average molecular weight is 247 g/mol. The molecule has 5 nitrogen and oxygen atoms in total. The van der Waals surface area contributed by atoms with Gasteiger partial charge in [0.25, 0.3) is 0 Å². The summed E-state index contributed by atoms with van der Waals surface area (Å²) >= 11 is 0. The van der Waals surface area contributed by atoms with Crippen LogP contribution in [0.15, 0.2) is 18.2 Å². The molecule has 0 atom stereocenters. The van der Waals surface area contributed by atoms with E-state index in [1.807, 2.05) is 19.1 Å². The van der Waals surface area contributed by atoms with Crippen molar-refractivity contribution in [2.75, 3.05) is 23.7 Å². The molecule has 1 aromatic carbocycles. The summed E-state index contributed by atoms with van der Waals surface area (Å²) in [5, 5.41) is 8.60. The quantitative estimate of drug-likeness (QED) is 0.746. The molecule has 0 saturated heterocycles. The maximum absolute atomic E-state index is 11.5. The van der Waals surface area contributed by atoms with E-state index in [9.17, 15) is 9.59 Å². The van der Waals surface area contributed by atoms with Crippen LogP contribution in [0.1, 0.15) is 18.9 Å². The maximum Gasteiger partial charge on any atom is 0.238 e. The molecule has 0 radical (unpaired) electrons. The number of nitrogens with one attached hydrogen (secondary N) is 3. The van der Waals surface area contributed by atoms with Crippen molar-refractivity contribution in [1.29, 1.82) is 0 Å². The Morgan fingerprint density at radius 2 is 2.22 bits per heavy atom. The Labute approximate surface area is 106 Å². The highest BCUT2D eigenvalue weighted by molar-refractivity contribution is 5.96. The molecule has 1 aromatic rings. The summed E-state index contributed by atoms with van der Waals surface area (Å²) < 4.78 is 0. The number of benzene rings is 1. The molecule has 0 bridgehead atoms. The van der Waals surface area contributed by atoms with Gasteiger partial charge in [0.05, 0.1) is 6.54 Å². The number of amides is 2. The Bertz CT molecular complexity index is 471. The van der Waals surface area contributed by atoms with Gasteiger partial charge in [-0.05, 0) is 36.7 Å². The van der Waals surface area contributed by atoms with Gasteiger partial charge in [-0.2, -0.15) is 0 Å². The predicted molar refractivity (Wildman–Crippen MR) is 70.6 cm³/mol. The normalized spacial score (nSPS) is 13.7. The number of fused-ring (bicyclic) bond motifs is 1. The molecule has 0 spiro atoms. The molecule has 5 heteroatoms. The molecule has 0 unspecified atom stereocenters. The lowest BCUT2D eigenvalue weighted by atomic mass is 10.0. The number of likely N-dealkylation sites (N-methyl/N-ethyl adjacent to an activating group) is 1. The van der Waals surface area contributed by atoms with Gasteiger partial charge in [0.2, 0.25) is 11.8 Å². The summed E-state index contributed by atoms with van der Waals surface area (Å²) in [6.45, 7) is 3.03. The number of aryl methyl sites for hydroxylation is 1. The van der Waals surface area contributed by atoms with E-state index in [1.165, 1.54) is 0 Å². The van der Waals surface area contributed by atoms with E-state index in [2.05, 4.69) is 16.0 Å². The molecular weight excluding hydrogens is 230 g/mol. The Morgan fingerprint density at radius 3 is 3.00 bits per heavy atom. The molecule has 2 rings (SSSR count). The van der Waals surface area contributed by atoms with Crippen LogP contribution in [0, 0.1) is 0 Å². The van der Waals surface area contributed by atoms with Crippen molar-refractivity contribution in [3.63, 3.8) is 0 Å². The van der Waals surface area contributed by atoms with Gasteiger partial charge < -0.3 is 16.0 Å². The number of carbonyl (C=O) groups excluding carboxylic acids is 2. The average Bonchev–Trinajstić information content (AvgIpc) is 2.36. The van der Waals surface area contributed by atoms with Crippen LogP contribution in [0.2, 0.25) is 0 Å². The fourth-order valence-electron chi connectivity index (χ4n) is 1.90. The molecule has 18 heavy (non-hydrogen) atoms. The first-order valence-corrected chi connectivity index (χ1v) is 6.12. The second-order valence-electron chi connectivity index (χ2n) is 4.25. The lowest BCUT2D eigenvalue weighted by Crippen LogP contribution is -2.28. The minimum absolute atomic E-state index is 0.0476. The minimum Gasteiger partial charge on any atom is -0.326 e. The van der Waals surface area contributed by atoms with Crippen LogP contribution in [-0.2, 0) is 16.0 Å². The van der Waals surface area contributed by atoms with Crippen LogP contribution in [0.3, 0.4) is 0 Å². The predicted octanol–water partition coefficient (Wildman–Crippen LogP) is 1.12. The van der Waals surface area contributed by atoms with Crippen molar-refractivity contribution in [3.05, 3.63) is 23.8 Å². The summed E-state index contributed by atoms with van der Waals surface area (Å²) in [5.41, 5.74) is 2.68. The summed E-state index contributed by atoms with van der Waals surface area (Å²) in [6.07, 6.45) is 1.22. The summed E-state index contributed by atoms with van der Waals surface area (Å²) in [6, 6.07) is 5.54. The first kappa shape index (κ1) is 12.6. The van der Waals surface area contributed by atoms with Crippen molar-refractivity contribution in [2.24, 2.45) is 0 Å². The highest BCUT2D eigenvalue weighted by Gasteiger charge is 2.15. The second-order valence-corrected chi connectivity index (χ2v) is 4.25. The Hall–Kier alpha value is -1.88. The molecule has 3 N–H and O–H groups in total. The highest BCUT2D eigenvalue weighted by atomic mass is 16.2. The Kier molecular flexibility index (Phi) is 3.94. The Balaban J connectivity index is 2.03. The third-order valence-electron chi connectivity index (χ3n) is 2.82. The molecule has 96 valence electrons. The van der Waals surface area contributed by atoms with Gasteiger partial charge in [-0.25, -0.2) is 0 Å². The molecule has 0 aliphatic carbocycles. The van der Waals surface area contributed by atoms with Crippen molar-refractivity contribution >= 4 is 23.2 Å². The van der Waals surface area contributed by atoms with E-state index < -0.39 is 0 Å². The number of hydrogen-bond acceptors (Lipinski definition) is 3. The molecule has 1 heterocycles. The zero-order valence-corrected chi connectivity index (χ0v) is 10.4. The Morgan fingerprint density at radius 1 is 1.39 bits per heavy atom. The third kappa shape index (κ3) is 3.07. The molecule has 1 aliphatic rings. The van der Waals surface area contributed by atoms with Crippen molar-refractivity contribution in [2.45, 2.75) is 19.8 Å². The molecule has 0 aromatic heterocycles. The zero-order valence-electron chi connectivity index (χ0n) is 10.4. The number of carbonyl (C=O) groups is 2. The monoisotopic (exact) mass is 247 g/mol. The van der Waals surface area contributed by atoms with Crippen LogP contribution >= 0.6 is 0 Å². The first-order valence-electron chi connectivity index (χ1n) is 6.12. The lowest BCUT2D eigenvalue weighted by molar-refractivity contribution is -0.116. The highest BCUT2D eigenvalue weighted by Crippen LogP contribution is 2.25. The van der Waals surface area contributed by atoms with Gasteiger partial charge in [-0.1, -0.05) is 6.92 Å². The number of anilines is 2. The molecule has 0 fully saturated rings. The lowest BCUT2D eigenvalue weighted by Gasteiger charge is -2.17. The van der Waals surface area contributed by atoms with E-state index in [-0.39, 0.29) is 11.8 Å². The van der Waals surface area contributed by atoms with E-state index in [1.54, 1.807) is 6.07 Å². The van der Waals surface area contributed by atoms with Gasteiger partial charge >= 0.3 is 0 Å².